The van der Waals surface area contributed by atoms with Gasteiger partial charge in [0, 0.05) is 10.9 Å². The Kier molecular flexibility index (Phi) is 4.63. The maximum Gasteiger partial charge on any atom is 0.431 e. The normalized spacial score (nSPS) is 23.9. The third kappa shape index (κ3) is 3.17. The number of allylic oxidation sites excluding steroid dienone is 1. The fourth-order valence-corrected chi connectivity index (χ4v) is 3.98. The fourth-order valence-electron chi connectivity index (χ4n) is 3.73. The van der Waals surface area contributed by atoms with Gasteiger partial charge in [0.1, 0.15) is 6.07 Å². The maximum atomic E-state index is 14.0. The lowest BCUT2D eigenvalue weighted by Crippen LogP contribution is -2.46. The molecule has 0 amide bonds. The summed E-state index contributed by atoms with van der Waals surface area (Å²) in [5, 5.41) is 14.9. The van der Waals surface area contributed by atoms with Crippen LogP contribution in [0.25, 0.3) is 0 Å². The van der Waals surface area contributed by atoms with Crippen LogP contribution >= 0.6 is 11.6 Å². The van der Waals surface area contributed by atoms with Gasteiger partial charge in [-0.2, -0.15) is 23.5 Å². The van der Waals surface area contributed by atoms with Gasteiger partial charge in [-0.05, 0) is 23.8 Å². The number of halogens is 4. The van der Waals surface area contributed by atoms with E-state index >= 15 is 0 Å². The second-order valence-electron chi connectivity index (χ2n) is 6.59. The first kappa shape index (κ1) is 19.2. The van der Waals surface area contributed by atoms with Gasteiger partial charge in [0.25, 0.3) is 0 Å². The van der Waals surface area contributed by atoms with Crippen molar-refractivity contribution in [3.8, 4) is 6.07 Å². The Morgan fingerprint density at radius 3 is 2.38 bits per heavy atom. The fraction of sp³-hybridized carbons (Fsp3) is 0.200. The molecule has 0 saturated heterocycles. The SMILES string of the molecule is N#CC1=C(N)O[C@H]2[C@H](C(C(F)(F)F)=NN2c2ccccc2)[C@@H]1c1ccccc1Cl. The summed E-state index contributed by atoms with van der Waals surface area (Å²) in [6.45, 7) is 0. The van der Waals surface area contributed by atoms with E-state index in [9.17, 15) is 18.4 Å². The highest BCUT2D eigenvalue weighted by atomic mass is 35.5. The molecule has 0 aliphatic carbocycles. The van der Waals surface area contributed by atoms with E-state index < -0.39 is 30.0 Å². The summed E-state index contributed by atoms with van der Waals surface area (Å²) in [5.41, 5.74) is 5.57. The second kappa shape index (κ2) is 7.01. The highest BCUT2D eigenvalue weighted by Crippen LogP contribution is 2.49. The zero-order valence-corrected chi connectivity index (χ0v) is 15.5. The topological polar surface area (TPSA) is 74.6 Å². The van der Waals surface area contributed by atoms with Gasteiger partial charge in [0.05, 0.1) is 17.2 Å². The number of para-hydroxylation sites is 1. The number of nitriles is 1. The molecule has 29 heavy (non-hydrogen) atoms. The molecule has 2 aromatic carbocycles. The van der Waals surface area contributed by atoms with Crippen molar-refractivity contribution in [1.29, 1.82) is 5.26 Å². The average Bonchev–Trinajstić information content (AvgIpc) is 3.07. The molecule has 5 nitrogen and oxygen atoms in total. The number of benzene rings is 2. The van der Waals surface area contributed by atoms with Gasteiger partial charge in [-0.3, -0.25) is 0 Å². The molecule has 2 aliphatic heterocycles. The molecule has 0 radical (unpaired) electrons. The van der Waals surface area contributed by atoms with Crippen molar-refractivity contribution in [2.75, 3.05) is 5.01 Å². The van der Waals surface area contributed by atoms with Crippen LogP contribution in [0.4, 0.5) is 18.9 Å². The van der Waals surface area contributed by atoms with Crippen LogP contribution in [0, 0.1) is 17.2 Å². The molecule has 0 bridgehead atoms. The smallest absolute Gasteiger partial charge is 0.431 e. The molecular formula is C20H14ClF3N4O. The number of anilines is 1. The lowest BCUT2D eigenvalue weighted by Gasteiger charge is -2.37. The monoisotopic (exact) mass is 418 g/mol. The number of nitrogens with zero attached hydrogens (tertiary/aromatic N) is 3. The van der Waals surface area contributed by atoms with Gasteiger partial charge in [-0.15, -0.1) is 0 Å². The van der Waals surface area contributed by atoms with Crippen molar-refractivity contribution in [3.63, 3.8) is 0 Å². The van der Waals surface area contributed by atoms with E-state index in [4.69, 9.17) is 22.1 Å². The molecule has 4 rings (SSSR count). The minimum Gasteiger partial charge on any atom is -0.452 e. The standard InChI is InChI=1S/C20H14ClF3N4O/c21-14-9-5-4-8-12(14)15-13(10-25)18(26)29-19-16(15)17(20(22,23)24)27-28(19)11-6-2-1-3-7-11/h1-9,15-16,19H,26H2/t15-,16+,19+/m1/s1. The Hall–Kier alpha value is -3.18. The lowest BCUT2D eigenvalue weighted by molar-refractivity contribution is -0.0658. The van der Waals surface area contributed by atoms with Crippen LogP contribution in [0.2, 0.25) is 5.02 Å². The summed E-state index contributed by atoms with van der Waals surface area (Å²) in [6.07, 6.45) is -5.91. The molecule has 0 spiro atoms. The minimum atomic E-state index is -4.73. The lowest BCUT2D eigenvalue weighted by atomic mass is 9.76. The van der Waals surface area contributed by atoms with E-state index in [-0.39, 0.29) is 16.5 Å². The predicted octanol–water partition coefficient (Wildman–Crippen LogP) is 4.53. The zero-order valence-electron chi connectivity index (χ0n) is 14.8. The van der Waals surface area contributed by atoms with Crippen LogP contribution in [-0.4, -0.2) is 18.1 Å². The second-order valence-corrected chi connectivity index (χ2v) is 6.99. The molecule has 2 aromatic rings. The summed E-state index contributed by atoms with van der Waals surface area (Å²) in [6, 6.07) is 16.7. The number of rotatable bonds is 2. The van der Waals surface area contributed by atoms with Gasteiger partial charge < -0.3 is 10.5 Å². The number of alkyl halides is 3. The third-order valence-electron chi connectivity index (χ3n) is 4.93. The van der Waals surface area contributed by atoms with Crippen LogP contribution in [-0.2, 0) is 4.74 Å². The molecular weight excluding hydrogens is 405 g/mol. The first-order valence-electron chi connectivity index (χ1n) is 8.63. The molecule has 3 atom stereocenters. The predicted molar refractivity (Wildman–Crippen MR) is 102 cm³/mol. The molecule has 2 aliphatic rings. The van der Waals surface area contributed by atoms with Crippen LogP contribution < -0.4 is 10.7 Å². The van der Waals surface area contributed by atoms with Crippen molar-refractivity contribution in [3.05, 3.63) is 76.6 Å². The van der Waals surface area contributed by atoms with Crippen molar-refractivity contribution < 1.29 is 17.9 Å². The van der Waals surface area contributed by atoms with Crippen molar-refractivity contribution >= 4 is 23.0 Å². The largest absolute Gasteiger partial charge is 0.452 e. The molecule has 9 heteroatoms. The number of hydrogen-bond acceptors (Lipinski definition) is 5. The van der Waals surface area contributed by atoms with Gasteiger partial charge >= 0.3 is 6.18 Å². The number of ether oxygens (including phenoxy) is 1. The molecule has 148 valence electrons. The number of fused-ring (bicyclic) bond motifs is 1. The van der Waals surface area contributed by atoms with Crippen LogP contribution in [0.5, 0.6) is 0 Å². The summed E-state index contributed by atoms with van der Waals surface area (Å²) >= 11 is 6.28. The van der Waals surface area contributed by atoms with Gasteiger partial charge in [-0.25, -0.2) is 5.01 Å². The first-order valence-corrected chi connectivity index (χ1v) is 9.01. The molecule has 0 aromatic heterocycles. The minimum absolute atomic E-state index is 0.105. The molecule has 0 unspecified atom stereocenters. The van der Waals surface area contributed by atoms with E-state index in [2.05, 4.69) is 5.10 Å². The van der Waals surface area contributed by atoms with Crippen LogP contribution in [0.1, 0.15) is 11.5 Å². The van der Waals surface area contributed by atoms with Crippen LogP contribution in [0.15, 0.2) is 71.2 Å². The first-order chi connectivity index (χ1) is 13.8. The Balaban J connectivity index is 1.93. The van der Waals surface area contributed by atoms with Gasteiger partial charge in [0.2, 0.25) is 12.1 Å². The Morgan fingerprint density at radius 2 is 1.76 bits per heavy atom. The molecule has 0 saturated carbocycles. The number of nitrogens with two attached hydrogens (primary N) is 1. The summed E-state index contributed by atoms with van der Waals surface area (Å²) in [5.74, 6) is -2.61. The summed E-state index contributed by atoms with van der Waals surface area (Å²) in [4.78, 5) is 0. The number of hydrazone groups is 1. The van der Waals surface area contributed by atoms with E-state index in [0.717, 1.165) is 5.01 Å². The highest BCUT2D eigenvalue weighted by Gasteiger charge is 2.58. The third-order valence-corrected chi connectivity index (χ3v) is 5.28. The van der Waals surface area contributed by atoms with Crippen LogP contribution in [0.3, 0.4) is 0 Å². The zero-order chi connectivity index (χ0) is 20.8. The molecule has 2 N–H and O–H groups in total. The molecule has 2 heterocycles. The Labute approximate surface area is 169 Å². The van der Waals surface area contributed by atoms with Crippen molar-refractivity contribution in [2.45, 2.75) is 18.3 Å². The van der Waals surface area contributed by atoms with E-state index in [1.807, 2.05) is 6.07 Å². The molecule has 0 fully saturated rings. The van der Waals surface area contributed by atoms with Crippen molar-refractivity contribution in [2.24, 2.45) is 16.8 Å². The average molecular weight is 419 g/mol. The summed E-state index contributed by atoms with van der Waals surface area (Å²) in [7, 11) is 0. The maximum absolute atomic E-state index is 14.0. The Morgan fingerprint density at radius 1 is 1.10 bits per heavy atom. The van der Waals surface area contributed by atoms with Gasteiger partial charge in [0.15, 0.2) is 5.71 Å². The van der Waals surface area contributed by atoms with E-state index in [0.29, 0.717) is 11.3 Å². The quantitative estimate of drug-likeness (QED) is 0.777. The van der Waals surface area contributed by atoms with E-state index in [1.165, 1.54) is 0 Å². The number of hydrogen-bond donors (Lipinski definition) is 1. The highest BCUT2D eigenvalue weighted by molar-refractivity contribution is 6.31. The van der Waals surface area contributed by atoms with Gasteiger partial charge in [-0.1, -0.05) is 48.0 Å². The Bertz CT molecular complexity index is 1050. The summed E-state index contributed by atoms with van der Waals surface area (Å²) < 4.78 is 47.5. The van der Waals surface area contributed by atoms with Crippen molar-refractivity contribution in [1.82, 2.24) is 0 Å². The van der Waals surface area contributed by atoms with E-state index in [1.54, 1.807) is 54.6 Å².